The van der Waals surface area contributed by atoms with Gasteiger partial charge in [-0.15, -0.1) is 0 Å². The molecule has 0 aliphatic heterocycles. The molecule has 5 nitrogen and oxygen atoms in total. The van der Waals surface area contributed by atoms with Crippen LogP contribution in [0.2, 0.25) is 5.28 Å². The smallest absolute Gasteiger partial charge is 0.226 e. The number of anilines is 2. The number of fused-ring (bicyclic) bond motifs is 1. The molecule has 20 heavy (non-hydrogen) atoms. The van der Waals surface area contributed by atoms with Crippen molar-refractivity contribution in [1.82, 2.24) is 19.9 Å². The van der Waals surface area contributed by atoms with E-state index in [2.05, 4.69) is 50.8 Å². The Morgan fingerprint density at radius 1 is 1.25 bits per heavy atom. The van der Waals surface area contributed by atoms with Gasteiger partial charge >= 0.3 is 0 Å². The highest BCUT2D eigenvalue weighted by atomic mass is 35.5. The van der Waals surface area contributed by atoms with Crippen molar-refractivity contribution in [3.63, 3.8) is 0 Å². The Balaban J connectivity index is 2.22. The molecule has 0 spiro atoms. The third kappa shape index (κ3) is 2.10. The summed E-state index contributed by atoms with van der Waals surface area (Å²) in [7, 11) is 0. The summed E-state index contributed by atoms with van der Waals surface area (Å²) in [4.78, 5) is 17.8. The van der Waals surface area contributed by atoms with E-state index in [4.69, 9.17) is 11.6 Å². The maximum Gasteiger partial charge on any atom is 0.226 e. The minimum Gasteiger partial charge on any atom is -0.340 e. The van der Waals surface area contributed by atoms with Crippen LogP contribution in [0.25, 0.3) is 11.2 Å². The van der Waals surface area contributed by atoms with Gasteiger partial charge in [0, 0.05) is 12.2 Å². The lowest BCUT2D eigenvalue weighted by Crippen LogP contribution is -2.19. The van der Waals surface area contributed by atoms with E-state index >= 15 is 0 Å². The third-order valence-corrected chi connectivity index (χ3v) is 3.39. The quantitative estimate of drug-likeness (QED) is 0.749. The van der Waals surface area contributed by atoms with E-state index in [1.165, 1.54) is 5.56 Å². The molecule has 1 N–H and O–H groups in total. The van der Waals surface area contributed by atoms with Crippen molar-refractivity contribution in [2.75, 3.05) is 11.4 Å². The fraction of sp³-hybridized carbons (Fsp3) is 0.214. The van der Waals surface area contributed by atoms with Crippen molar-refractivity contribution >= 4 is 34.3 Å². The summed E-state index contributed by atoms with van der Waals surface area (Å²) in [5, 5.41) is 0.201. The second kappa shape index (κ2) is 5.09. The first kappa shape index (κ1) is 12.9. The molecule has 3 aromatic rings. The molecule has 2 heterocycles. The first-order chi connectivity index (χ1) is 9.70. The van der Waals surface area contributed by atoms with E-state index in [1.807, 2.05) is 12.1 Å². The van der Waals surface area contributed by atoms with Crippen molar-refractivity contribution in [2.24, 2.45) is 0 Å². The van der Waals surface area contributed by atoms with Gasteiger partial charge < -0.3 is 9.88 Å². The van der Waals surface area contributed by atoms with Gasteiger partial charge in [0.05, 0.1) is 6.33 Å². The van der Waals surface area contributed by atoms with Crippen LogP contribution in [0.3, 0.4) is 0 Å². The number of aromatic nitrogens is 4. The van der Waals surface area contributed by atoms with Crippen LogP contribution in [-0.2, 0) is 0 Å². The number of nitrogens with zero attached hydrogens (tertiary/aromatic N) is 4. The van der Waals surface area contributed by atoms with E-state index in [9.17, 15) is 0 Å². The summed E-state index contributed by atoms with van der Waals surface area (Å²) in [6.45, 7) is 4.92. The number of hydrogen-bond acceptors (Lipinski definition) is 4. The van der Waals surface area contributed by atoms with Gasteiger partial charge in [-0.25, -0.2) is 4.98 Å². The second-order valence-electron chi connectivity index (χ2n) is 4.45. The molecule has 0 saturated heterocycles. The molecule has 0 aliphatic carbocycles. The largest absolute Gasteiger partial charge is 0.340 e. The summed E-state index contributed by atoms with van der Waals surface area (Å²) in [6, 6.07) is 8.17. The van der Waals surface area contributed by atoms with Gasteiger partial charge in [0.1, 0.15) is 5.52 Å². The highest BCUT2D eigenvalue weighted by Crippen LogP contribution is 2.31. The minimum atomic E-state index is 0.201. The Morgan fingerprint density at radius 3 is 2.80 bits per heavy atom. The monoisotopic (exact) mass is 287 g/mol. The molecule has 102 valence electrons. The highest BCUT2D eigenvalue weighted by molar-refractivity contribution is 6.28. The number of para-hydroxylation sites is 1. The molecule has 3 rings (SSSR count). The lowest BCUT2D eigenvalue weighted by molar-refractivity contribution is 0.980. The Labute approximate surface area is 121 Å². The van der Waals surface area contributed by atoms with E-state index in [1.54, 1.807) is 6.33 Å². The van der Waals surface area contributed by atoms with Crippen LogP contribution in [0, 0.1) is 6.92 Å². The Kier molecular flexibility index (Phi) is 3.28. The zero-order valence-electron chi connectivity index (χ0n) is 11.3. The Hall–Kier alpha value is -2.14. The van der Waals surface area contributed by atoms with E-state index in [0.717, 1.165) is 23.6 Å². The van der Waals surface area contributed by atoms with Gasteiger partial charge in [0.15, 0.2) is 11.5 Å². The van der Waals surface area contributed by atoms with Crippen LogP contribution in [0.5, 0.6) is 0 Å². The average molecular weight is 288 g/mol. The number of nitrogens with one attached hydrogen (secondary N) is 1. The van der Waals surface area contributed by atoms with Crippen molar-refractivity contribution in [3.05, 3.63) is 41.4 Å². The van der Waals surface area contributed by atoms with E-state index in [-0.39, 0.29) is 5.28 Å². The summed E-state index contributed by atoms with van der Waals surface area (Å²) in [5.41, 5.74) is 3.64. The number of hydrogen-bond donors (Lipinski definition) is 1. The van der Waals surface area contributed by atoms with Crippen molar-refractivity contribution < 1.29 is 0 Å². The molecule has 0 atom stereocenters. The molecule has 0 saturated carbocycles. The van der Waals surface area contributed by atoms with E-state index in [0.29, 0.717) is 5.65 Å². The second-order valence-corrected chi connectivity index (χ2v) is 4.79. The summed E-state index contributed by atoms with van der Waals surface area (Å²) in [5.74, 6) is 0.745. The van der Waals surface area contributed by atoms with Crippen LogP contribution in [-0.4, -0.2) is 26.5 Å². The zero-order valence-corrected chi connectivity index (χ0v) is 12.0. The number of halogens is 1. The van der Waals surface area contributed by atoms with Gasteiger partial charge in [-0.1, -0.05) is 18.2 Å². The molecule has 0 fully saturated rings. The normalized spacial score (nSPS) is 10.9. The van der Waals surface area contributed by atoms with Crippen molar-refractivity contribution in [3.8, 4) is 0 Å². The molecule has 0 bridgehead atoms. The van der Waals surface area contributed by atoms with Gasteiger partial charge in [0.2, 0.25) is 5.28 Å². The lowest BCUT2D eigenvalue weighted by atomic mass is 10.2. The van der Waals surface area contributed by atoms with E-state index < -0.39 is 0 Å². The fourth-order valence-electron chi connectivity index (χ4n) is 2.29. The topological polar surface area (TPSA) is 57.7 Å². The molecule has 0 unspecified atom stereocenters. The van der Waals surface area contributed by atoms with Gasteiger partial charge in [-0.05, 0) is 37.1 Å². The summed E-state index contributed by atoms with van der Waals surface area (Å²) < 4.78 is 0. The third-order valence-electron chi connectivity index (χ3n) is 3.22. The molecule has 6 heteroatoms. The zero-order chi connectivity index (χ0) is 14.1. The molecule has 2 aromatic heterocycles. The van der Waals surface area contributed by atoms with Crippen LogP contribution in [0.1, 0.15) is 12.5 Å². The highest BCUT2D eigenvalue weighted by Gasteiger charge is 2.17. The standard InChI is InChI=1S/C14H14ClN5/c1-3-20(10-7-5-4-6-9(10)2)13-11-12(17-8-16-11)18-14(15)19-13/h4-8H,3H2,1-2H3,(H,16,17,18,19). The molecular weight excluding hydrogens is 274 g/mol. The maximum atomic E-state index is 6.01. The Bertz CT molecular complexity index is 752. The van der Waals surface area contributed by atoms with Crippen LogP contribution in [0.15, 0.2) is 30.6 Å². The first-order valence-electron chi connectivity index (χ1n) is 6.40. The molecular formula is C14H14ClN5. The lowest BCUT2D eigenvalue weighted by Gasteiger charge is -2.24. The number of aromatic amines is 1. The first-order valence-corrected chi connectivity index (χ1v) is 6.78. The summed E-state index contributed by atoms with van der Waals surface area (Å²) >= 11 is 6.01. The van der Waals surface area contributed by atoms with Gasteiger partial charge in [-0.3, -0.25) is 0 Å². The predicted molar refractivity (Wildman–Crippen MR) is 80.6 cm³/mol. The minimum absolute atomic E-state index is 0.201. The Morgan fingerprint density at radius 2 is 2.05 bits per heavy atom. The number of H-pyrrole nitrogens is 1. The summed E-state index contributed by atoms with van der Waals surface area (Å²) in [6.07, 6.45) is 1.60. The number of benzene rings is 1. The van der Waals surface area contributed by atoms with Crippen LogP contribution in [0.4, 0.5) is 11.5 Å². The molecule has 1 aromatic carbocycles. The van der Waals surface area contributed by atoms with Gasteiger partial charge in [-0.2, -0.15) is 9.97 Å². The van der Waals surface area contributed by atoms with Crippen LogP contribution >= 0.6 is 11.6 Å². The fourth-order valence-corrected chi connectivity index (χ4v) is 2.45. The molecule has 0 amide bonds. The molecule has 0 aliphatic rings. The van der Waals surface area contributed by atoms with Gasteiger partial charge in [0.25, 0.3) is 0 Å². The number of rotatable bonds is 3. The van der Waals surface area contributed by atoms with Crippen LogP contribution < -0.4 is 4.90 Å². The van der Waals surface area contributed by atoms with Crippen molar-refractivity contribution in [1.29, 1.82) is 0 Å². The molecule has 0 radical (unpaired) electrons. The number of aryl methyl sites for hydroxylation is 1. The SMILES string of the molecule is CCN(c1ccccc1C)c1nc(Cl)nc2nc[nH]c12. The number of imidazole rings is 1. The predicted octanol–water partition coefficient (Wildman–Crippen LogP) is 3.47. The average Bonchev–Trinajstić information content (AvgIpc) is 2.89. The maximum absolute atomic E-state index is 6.01. The van der Waals surface area contributed by atoms with Crippen molar-refractivity contribution in [2.45, 2.75) is 13.8 Å².